The zero-order valence-electron chi connectivity index (χ0n) is 11.5. The molecular weight excluding hydrogens is 236 g/mol. The maximum atomic E-state index is 5.10. The number of nitrogens with one attached hydrogen (secondary N) is 1. The van der Waals surface area contributed by atoms with Crippen LogP contribution in [0, 0.1) is 6.92 Å². The Morgan fingerprint density at radius 2 is 2.05 bits per heavy atom. The molecular formula is C16H20N2O. The largest absolute Gasteiger partial charge is 0.361 e. The van der Waals surface area contributed by atoms with Gasteiger partial charge in [0.15, 0.2) is 0 Å². The van der Waals surface area contributed by atoms with E-state index in [0.717, 1.165) is 18.0 Å². The van der Waals surface area contributed by atoms with Crippen LogP contribution in [0.3, 0.4) is 0 Å². The van der Waals surface area contributed by atoms with Crippen molar-refractivity contribution in [3.8, 4) is 0 Å². The lowest BCUT2D eigenvalue weighted by Gasteiger charge is -2.30. The Balaban J connectivity index is 1.74. The van der Waals surface area contributed by atoms with E-state index in [1.165, 1.54) is 24.0 Å². The molecule has 3 heteroatoms. The molecule has 0 spiro atoms. The second kappa shape index (κ2) is 5.17. The molecule has 0 saturated heterocycles. The lowest BCUT2D eigenvalue weighted by Crippen LogP contribution is -2.26. The molecule has 1 N–H and O–H groups in total. The summed E-state index contributed by atoms with van der Waals surface area (Å²) in [5.41, 5.74) is 3.91. The van der Waals surface area contributed by atoms with Crippen LogP contribution in [0.25, 0.3) is 0 Å². The predicted octanol–water partition coefficient (Wildman–Crippen LogP) is 3.71. The van der Waals surface area contributed by atoms with Gasteiger partial charge in [-0.25, -0.2) is 0 Å². The monoisotopic (exact) mass is 256 g/mol. The number of rotatable bonds is 3. The third-order valence-electron chi connectivity index (χ3n) is 4.00. The standard InChI is InChI=1S/C16H20N2O/c1-11-7-8-16(15-6-4-3-5-14(11)15)17-10-13-9-12(2)19-18-13/h3-6,9,11,16-17H,7-8,10H2,1-2H3. The number of aromatic nitrogens is 1. The smallest absolute Gasteiger partial charge is 0.133 e. The highest BCUT2D eigenvalue weighted by atomic mass is 16.5. The van der Waals surface area contributed by atoms with Crippen molar-refractivity contribution in [3.05, 3.63) is 52.9 Å². The van der Waals surface area contributed by atoms with Gasteiger partial charge in [0.25, 0.3) is 0 Å². The average molecular weight is 256 g/mol. The van der Waals surface area contributed by atoms with Crippen LogP contribution >= 0.6 is 0 Å². The van der Waals surface area contributed by atoms with E-state index in [0.29, 0.717) is 12.0 Å². The zero-order chi connectivity index (χ0) is 13.2. The van der Waals surface area contributed by atoms with Crippen LogP contribution in [-0.4, -0.2) is 5.16 Å². The lowest BCUT2D eigenvalue weighted by molar-refractivity contribution is 0.379. The maximum Gasteiger partial charge on any atom is 0.133 e. The van der Waals surface area contributed by atoms with Crippen molar-refractivity contribution >= 4 is 0 Å². The van der Waals surface area contributed by atoms with Gasteiger partial charge >= 0.3 is 0 Å². The zero-order valence-corrected chi connectivity index (χ0v) is 11.5. The molecule has 2 atom stereocenters. The van der Waals surface area contributed by atoms with Crippen LogP contribution in [0.2, 0.25) is 0 Å². The Kier molecular flexibility index (Phi) is 3.38. The van der Waals surface area contributed by atoms with E-state index in [9.17, 15) is 0 Å². The van der Waals surface area contributed by atoms with Gasteiger partial charge < -0.3 is 9.84 Å². The summed E-state index contributed by atoms with van der Waals surface area (Å²) in [7, 11) is 0. The van der Waals surface area contributed by atoms with Gasteiger partial charge in [-0.2, -0.15) is 0 Å². The Bertz CT molecular complexity index is 561. The van der Waals surface area contributed by atoms with Gasteiger partial charge in [0.1, 0.15) is 5.76 Å². The van der Waals surface area contributed by atoms with Crippen molar-refractivity contribution in [3.63, 3.8) is 0 Å². The van der Waals surface area contributed by atoms with E-state index in [2.05, 4.69) is 41.7 Å². The van der Waals surface area contributed by atoms with Crippen molar-refractivity contribution in [2.75, 3.05) is 0 Å². The van der Waals surface area contributed by atoms with Gasteiger partial charge in [-0.3, -0.25) is 0 Å². The molecule has 0 radical (unpaired) electrons. The van der Waals surface area contributed by atoms with Crippen molar-refractivity contribution in [1.82, 2.24) is 10.5 Å². The second-order valence-corrected chi connectivity index (χ2v) is 5.47. The maximum absolute atomic E-state index is 5.10. The van der Waals surface area contributed by atoms with Gasteiger partial charge in [0, 0.05) is 18.7 Å². The van der Waals surface area contributed by atoms with Gasteiger partial charge in [-0.1, -0.05) is 36.3 Å². The molecule has 3 rings (SSSR count). The predicted molar refractivity (Wildman–Crippen MR) is 74.9 cm³/mol. The third-order valence-corrected chi connectivity index (χ3v) is 4.00. The Labute approximate surface area is 114 Å². The number of aryl methyl sites for hydroxylation is 1. The van der Waals surface area contributed by atoms with E-state index in [4.69, 9.17) is 4.52 Å². The number of hydrogen-bond donors (Lipinski definition) is 1. The molecule has 0 fully saturated rings. The van der Waals surface area contributed by atoms with Crippen LogP contribution in [0.15, 0.2) is 34.9 Å². The van der Waals surface area contributed by atoms with Crippen LogP contribution in [0.5, 0.6) is 0 Å². The first-order chi connectivity index (χ1) is 9.24. The fourth-order valence-corrected chi connectivity index (χ4v) is 2.95. The molecule has 0 saturated carbocycles. The summed E-state index contributed by atoms with van der Waals surface area (Å²) in [6, 6.07) is 11.2. The van der Waals surface area contributed by atoms with E-state index >= 15 is 0 Å². The lowest BCUT2D eigenvalue weighted by atomic mass is 9.81. The molecule has 2 unspecified atom stereocenters. The van der Waals surface area contributed by atoms with Crippen molar-refractivity contribution < 1.29 is 4.52 Å². The molecule has 0 aliphatic heterocycles. The minimum atomic E-state index is 0.435. The number of fused-ring (bicyclic) bond motifs is 1. The fourth-order valence-electron chi connectivity index (χ4n) is 2.95. The SMILES string of the molecule is Cc1cc(CNC2CCC(C)c3ccccc32)no1. The van der Waals surface area contributed by atoms with E-state index in [1.807, 2.05) is 13.0 Å². The summed E-state index contributed by atoms with van der Waals surface area (Å²) in [4.78, 5) is 0. The van der Waals surface area contributed by atoms with E-state index < -0.39 is 0 Å². The van der Waals surface area contributed by atoms with Crippen molar-refractivity contribution in [2.45, 2.75) is 45.2 Å². The molecule has 2 aromatic rings. The first-order valence-electron chi connectivity index (χ1n) is 6.98. The minimum absolute atomic E-state index is 0.435. The van der Waals surface area contributed by atoms with Crippen LogP contribution < -0.4 is 5.32 Å². The molecule has 1 aliphatic carbocycles. The molecule has 1 aromatic heterocycles. The summed E-state index contributed by atoms with van der Waals surface area (Å²) >= 11 is 0. The minimum Gasteiger partial charge on any atom is -0.361 e. The molecule has 1 aliphatic rings. The summed E-state index contributed by atoms with van der Waals surface area (Å²) in [5, 5.41) is 7.64. The quantitative estimate of drug-likeness (QED) is 0.909. The molecule has 100 valence electrons. The van der Waals surface area contributed by atoms with Gasteiger partial charge in [-0.15, -0.1) is 0 Å². The van der Waals surface area contributed by atoms with Gasteiger partial charge in [-0.05, 0) is 36.8 Å². The van der Waals surface area contributed by atoms with Gasteiger partial charge in [0.05, 0.1) is 5.69 Å². The highest BCUT2D eigenvalue weighted by molar-refractivity contribution is 5.34. The molecule has 1 aromatic carbocycles. The summed E-state index contributed by atoms with van der Waals surface area (Å²) in [6.45, 7) is 5.01. The molecule has 1 heterocycles. The first-order valence-corrected chi connectivity index (χ1v) is 6.98. The Morgan fingerprint density at radius 1 is 1.26 bits per heavy atom. The highest BCUT2D eigenvalue weighted by Gasteiger charge is 2.23. The fraction of sp³-hybridized carbons (Fsp3) is 0.438. The summed E-state index contributed by atoms with van der Waals surface area (Å²) in [5.74, 6) is 1.54. The summed E-state index contributed by atoms with van der Waals surface area (Å²) in [6.07, 6.45) is 2.43. The number of nitrogens with zero attached hydrogens (tertiary/aromatic N) is 1. The molecule has 19 heavy (non-hydrogen) atoms. The number of hydrogen-bond acceptors (Lipinski definition) is 3. The molecule has 0 amide bonds. The van der Waals surface area contributed by atoms with Crippen molar-refractivity contribution in [1.29, 1.82) is 0 Å². The molecule has 0 bridgehead atoms. The van der Waals surface area contributed by atoms with Crippen LogP contribution in [-0.2, 0) is 6.54 Å². The Morgan fingerprint density at radius 3 is 2.79 bits per heavy atom. The summed E-state index contributed by atoms with van der Waals surface area (Å²) < 4.78 is 5.10. The van der Waals surface area contributed by atoms with Gasteiger partial charge in [0.2, 0.25) is 0 Å². The normalized spacial score (nSPS) is 22.2. The third kappa shape index (κ3) is 2.56. The highest BCUT2D eigenvalue weighted by Crippen LogP contribution is 2.36. The van der Waals surface area contributed by atoms with Crippen LogP contribution in [0.1, 0.15) is 54.3 Å². The van der Waals surface area contributed by atoms with Crippen LogP contribution in [0.4, 0.5) is 0 Å². The number of benzene rings is 1. The second-order valence-electron chi connectivity index (χ2n) is 5.47. The van der Waals surface area contributed by atoms with Crippen molar-refractivity contribution in [2.24, 2.45) is 0 Å². The average Bonchev–Trinajstić information content (AvgIpc) is 2.84. The first kappa shape index (κ1) is 12.4. The van der Waals surface area contributed by atoms with E-state index in [-0.39, 0.29) is 0 Å². The van der Waals surface area contributed by atoms with E-state index in [1.54, 1.807) is 0 Å². The topological polar surface area (TPSA) is 38.1 Å². The Hall–Kier alpha value is -1.61. The molecule has 3 nitrogen and oxygen atoms in total.